The summed E-state index contributed by atoms with van der Waals surface area (Å²) < 4.78 is 0. The van der Waals surface area contributed by atoms with Crippen LogP contribution in [0.5, 0.6) is 0 Å². The smallest absolute Gasteiger partial charge is 0.232 e. The maximum atomic E-state index is 13.1. The Morgan fingerprint density at radius 2 is 1.24 bits per heavy atom. The van der Waals surface area contributed by atoms with Crippen LogP contribution in [0.4, 0.5) is 0 Å². The van der Waals surface area contributed by atoms with Gasteiger partial charge in [0.25, 0.3) is 0 Å². The molecule has 1 unspecified atom stereocenters. The minimum atomic E-state index is -0.336. The largest absolute Gasteiger partial charge is 0.349 e. The lowest BCUT2D eigenvalue weighted by Gasteiger charge is -2.21. The van der Waals surface area contributed by atoms with Gasteiger partial charge in [0.2, 0.25) is 5.91 Å². The van der Waals surface area contributed by atoms with Gasteiger partial charge >= 0.3 is 0 Å². The highest BCUT2D eigenvalue weighted by atomic mass is 35.5. The van der Waals surface area contributed by atoms with Crippen LogP contribution in [0.3, 0.4) is 0 Å². The van der Waals surface area contributed by atoms with Crippen molar-refractivity contribution in [1.82, 2.24) is 5.32 Å². The number of rotatable bonds is 5. The molecule has 0 saturated heterocycles. The molecule has 3 aromatic rings. The fourth-order valence-corrected chi connectivity index (χ4v) is 3.04. The lowest BCUT2D eigenvalue weighted by atomic mass is 9.90. The summed E-state index contributed by atoms with van der Waals surface area (Å²) >= 11 is 5.95. The van der Waals surface area contributed by atoms with E-state index < -0.39 is 0 Å². The van der Waals surface area contributed by atoms with E-state index in [1.807, 2.05) is 91.9 Å². The Morgan fingerprint density at radius 3 is 1.72 bits per heavy atom. The van der Waals surface area contributed by atoms with Crippen LogP contribution in [-0.2, 0) is 4.79 Å². The van der Waals surface area contributed by atoms with E-state index in [-0.39, 0.29) is 17.9 Å². The molecule has 0 aliphatic rings. The van der Waals surface area contributed by atoms with Gasteiger partial charge in [0.15, 0.2) is 0 Å². The second kappa shape index (κ2) is 8.00. The van der Waals surface area contributed by atoms with Crippen LogP contribution < -0.4 is 5.32 Å². The van der Waals surface area contributed by atoms with E-state index in [9.17, 15) is 4.79 Å². The quantitative estimate of drug-likeness (QED) is 0.661. The number of benzene rings is 3. The summed E-state index contributed by atoms with van der Waals surface area (Å²) in [7, 11) is 0. The second-order valence-corrected chi connectivity index (χ2v) is 6.47. The fraction of sp³-hybridized carbons (Fsp3) is 0.136. The van der Waals surface area contributed by atoms with Gasteiger partial charge in [-0.05, 0) is 35.7 Å². The van der Waals surface area contributed by atoms with Crippen molar-refractivity contribution < 1.29 is 4.79 Å². The van der Waals surface area contributed by atoms with Gasteiger partial charge in [-0.1, -0.05) is 84.4 Å². The Morgan fingerprint density at radius 1 is 0.760 bits per heavy atom. The van der Waals surface area contributed by atoms with Gasteiger partial charge in [-0.25, -0.2) is 0 Å². The van der Waals surface area contributed by atoms with Gasteiger partial charge < -0.3 is 5.32 Å². The summed E-state index contributed by atoms with van der Waals surface area (Å²) in [6.07, 6.45) is 0. The van der Waals surface area contributed by atoms with Crippen LogP contribution in [-0.4, -0.2) is 5.91 Å². The molecule has 0 fully saturated rings. The van der Waals surface area contributed by atoms with E-state index in [1.54, 1.807) is 0 Å². The fourth-order valence-electron chi connectivity index (χ4n) is 2.92. The van der Waals surface area contributed by atoms with Crippen LogP contribution in [0, 0.1) is 0 Å². The third-order valence-electron chi connectivity index (χ3n) is 4.26. The van der Waals surface area contributed by atoms with Crippen molar-refractivity contribution in [2.45, 2.75) is 18.9 Å². The van der Waals surface area contributed by atoms with Crippen molar-refractivity contribution >= 4 is 17.5 Å². The molecule has 0 bridgehead atoms. The average molecular weight is 350 g/mol. The molecule has 2 nitrogen and oxygen atoms in total. The first-order valence-corrected chi connectivity index (χ1v) is 8.68. The minimum absolute atomic E-state index is 0.0140. The van der Waals surface area contributed by atoms with Gasteiger partial charge in [0.05, 0.1) is 12.0 Å². The normalized spacial score (nSPS) is 12.0. The number of carbonyl (C=O) groups excluding carboxylic acids is 1. The number of hydrogen-bond acceptors (Lipinski definition) is 1. The van der Waals surface area contributed by atoms with Crippen LogP contribution in [0.2, 0.25) is 5.02 Å². The lowest BCUT2D eigenvalue weighted by Crippen LogP contribution is -2.32. The highest BCUT2D eigenvalue weighted by Crippen LogP contribution is 2.26. The zero-order chi connectivity index (χ0) is 17.6. The monoisotopic (exact) mass is 349 g/mol. The minimum Gasteiger partial charge on any atom is -0.349 e. The Bertz CT molecular complexity index is 776. The molecule has 0 radical (unpaired) electrons. The molecule has 0 aliphatic carbocycles. The van der Waals surface area contributed by atoms with Gasteiger partial charge in [-0.2, -0.15) is 0 Å². The average Bonchev–Trinajstić information content (AvgIpc) is 2.64. The predicted molar refractivity (Wildman–Crippen MR) is 103 cm³/mol. The van der Waals surface area contributed by atoms with Gasteiger partial charge in [-0.3, -0.25) is 4.79 Å². The zero-order valence-electron chi connectivity index (χ0n) is 14.0. The summed E-state index contributed by atoms with van der Waals surface area (Å²) in [6, 6.07) is 27.2. The third-order valence-corrected chi connectivity index (χ3v) is 4.51. The molecule has 1 atom stereocenters. The van der Waals surface area contributed by atoms with Crippen molar-refractivity contribution in [2.24, 2.45) is 0 Å². The summed E-state index contributed by atoms with van der Waals surface area (Å²) in [6.45, 7) is 1.98. The first kappa shape index (κ1) is 17.2. The van der Waals surface area contributed by atoms with E-state index in [1.165, 1.54) is 0 Å². The van der Waals surface area contributed by atoms with Crippen LogP contribution in [0.15, 0.2) is 84.9 Å². The molecule has 126 valence electrons. The van der Waals surface area contributed by atoms with Gasteiger partial charge in [0, 0.05) is 5.02 Å². The van der Waals surface area contributed by atoms with Crippen molar-refractivity contribution in [3.63, 3.8) is 0 Å². The molecule has 0 aromatic heterocycles. The second-order valence-electron chi connectivity index (χ2n) is 6.04. The summed E-state index contributed by atoms with van der Waals surface area (Å²) in [5.74, 6) is -0.350. The molecule has 0 heterocycles. The maximum Gasteiger partial charge on any atom is 0.232 e. The summed E-state index contributed by atoms with van der Waals surface area (Å²) in [5.41, 5.74) is 2.99. The van der Waals surface area contributed by atoms with E-state index >= 15 is 0 Å². The molecule has 0 spiro atoms. The summed E-state index contributed by atoms with van der Waals surface area (Å²) in [4.78, 5) is 13.1. The molecule has 3 aromatic carbocycles. The number of amides is 1. The number of hydrogen-bond donors (Lipinski definition) is 1. The summed E-state index contributed by atoms with van der Waals surface area (Å²) in [5, 5.41) is 3.82. The highest BCUT2D eigenvalue weighted by molar-refractivity contribution is 6.30. The van der Waals surface area contributed by atoms with E-state index in [0.717, 1.165) is 16.7 Å². The first-order chi connectivity index (χ1) is 12.1. The standard InChI is InChI=1S/C22H20ClNO/c1-16(17-12-14-20(23)15-13-17)24-22(25)21(18-8-4-2-5-9-18)19-10-6-3-7-11-19/h2-16,21H,1H3,(H,24,25). The highest BCUT2D eigenvalue weighted by Gasteiger charge is 2.24. The third kappa shape index (κ3) is 4.28. The number of carbonyl (C=O) groups is 1. The zero-order valence-corrected chi connectivity index (χ0v) is 14.8. The SMILES string of the molecule is CC(NC(=O)C(c1ccccc1)c1ccccc1)c1ccc(Cl)cc1. The Labute approximate surface area is 153 Å². The van der Waals surface area contributed by atoms with Crippen LogP contribution in [0.25, 0.3) is 0 Å². The van der Waals surface area contributed by atoms with E-state index in [2.05, 4.69) is 5.32 Å². The van der Waals surface area contributed by atoms with E-state index in [0.29, 0.717) is 5.02 Å². The lowest BCUT2D eigenvalue weighted by molar-refractivity contribution is -0.122. The molecular formula is C22H20ClNO. The van der Waals surface area contributed by atoms with Crippen LogP contribution >= 0.6 is 11.6 Å². The Hall–Kier alpha value is -2.58. The molecule has 3 rings (SSSR count). The molecule has 25 heavy (non-hydrogen) atoms. The van der Waals surface area contributed by atoms with Gasteiger partial charge in [-0.15, -0.1) is 0 Å². The topological polar surface area (TPSA) is 29.1 Å². The van der Waals surface area contributed by atoms with E-state index in [4.69, 9.17) is 11.6 Å². The molecule has 1 amide bonds. The predicted octanol–water partition coefficient (Wildman–Crippen LogP) is 5.35. The van der Waals surface area contributed by atoms with Crippen LogP contribution in [0.1, 0.15) is 35.6 Å². The molecule has 3 heteroatoms. The van der Waals surface area contributed by atoms with Crippen molar-refractivity contribution in [3.05, 3.63) is 107 Å². The number of halogens is 1. The number of nitrogens with one attached hydrogen (secondary N) is 1. The molecule has 1 N–H and O–H groups in total. The Balaban J connectivity index is 1.86. The molecular weight excluding hydrogens is 330 g/mol. The van der Waals surface area contributed by atoms with Gasteiger partial charge in [0.1, 0.15) is 0 Å². The first-order valence-electron chi connectivity index (χ1n) is 8.31. The molecule has 0 saturated carbocycles. The van der Waals surface area contributed by atoms with Crippen molar-refractivity contribution in [1.29, 1.82) is 0 Å². The van der Waals surface area contributed by atoms with Crippen molar-refractivity contribution in [3.8, 4) is 0 Å². The Kier molecular flexibility index (Phi) is 5.52. The maximum absolute atomic E-state index is 13.1. The molecule has 0 aliphatic heterocycles. The van der Waals surface area contributed by atoms with Crippen molar-refractivity contribution in [2.75, 3.05) is 0 Å².